The topological polar surface area (TPSA) is 75.3 Å². The van der Waals surface area contributed by atoms with Gasteiger partial charge in [-0.1, -0.05) is 12.1 Å². The number of carbonyl (C=O) groups is 1. The van der Waals surface area contributed by atoms with E-state index in [0.29, 0.717) is 17.5 Å². The zero-order valence-electron chi connectivity index (χ0n) is 12.5. The van der Waals surface area contributed by atoms with Crippen molar-refractivity contribution in [2.24, 2.45) is 0 Å². The molecule has 0 heterocycles. The summed E-state index contributed by atoms with van der Waals surface area (Å²) in [5.74, 6) is -0.636. The van der Waals surface area contributed by atoms with Gasteiger partial charge < -0.3 is 5.32 Å². The lowest BCUT2D eigenvalue weighted by Crippen LogP contribution is -2.26. The van der Waals surface area contributed by atoms with Crippen LogP contribution in [0, 0.1) is 5.82 Å². The molecule has 0 saturated carbocycles. The predicted octanol–water partition coefficient (Wildman–Crippen LogP) is 1.71. The number of amides is 1. The summed E-state index contributed by atoms with van der Waals surface area (Å²) in [6.45, 7) is 0.156. The number of hydrogen-bond acceptors (Lipinski definition) is 3. The van der Waals surface area contributed by atoms with Gasteiger partial charge in [-0.3, -0.25) is 4.79 Å². The number of carbonyl (C=O) groups excluding carboxylic acids is 1. The van der Waals surface area contributed by atoms with Crippen molar-refractivity contribution in [3.05, 3.63) is 65.5 Å². The first kappa shape index (κ1) is 17.1. The minimum atomic E-state index is -3.67. The van der Waals surface area contributed by atoms with Gasteiger partial charge in [0.05, 0.1) is 4.90 Å². The molecule has 0 spiro atoms. The highest BCUT2D eigenvalue weighted by Gasteiger charge is 2.14. The second-order valence-electron chi connectivity index (χ2n) is 4.88. The van der Waals surface area contributed by atoms with Gasteiger partial charge in [0.2, 0.25) is 10.0 Å². The lowest BCUT2D eigenvalue weighted by Gasteiger charge is -2.08. The fraction of sp³-hybridized carbons (Fsp3) is 0.188. The average Bonchev–Trinajstić information content (AvgIpc) is 2.54. The van der Waals surface area contributed by atoms with Crippen LogP contribution in [0.4, 0.5) is 4.39 Å². The van der Waals surface area contributed by atoms with Gasteiger partial charge in [0.15, 0.2) is 0 Å². The van der Waals surface area contributed by atoms with Crippen molar-refractivity contribution in [2.75, 3.05) is 13.6 Å². The third-order valence-electron chi connectivity index (χ3n) is 3.25. The van der Waals surface area contributed by atoms with E-state index in [9.17, 15) is 17.6 Å². The van der Waals surface area contributed by atoms with Gasteiger partial charge in [-0.15, -0.1) is 0 Å². The summed E-state index contributed by atoms with van der Waals surface area (Å²) >= 11 is 0. The molecule has 2 aromatic carbocycles. The van der Waals surface area contributed by atoms with E-state index in [2.05, 4.69) is 10.0 Å². The number of hydrogen-bond donors (Lipinski definition) is 2. The molecule has 0 unspecified atom stereocenters. The van der Waals surface area contributed by atoms with Gasteiger partial charge in [-0.25, -0.2) is 17.5 Å². The molecule has 0 saturated heterocycles. The molecule has 0 radical (unpaired) electrons. The first-order chi connectivity index (χ1) is 10.9. The Morgan fingerprint density at radius 1 is 1.13 bits per heavy atom. The van der Waals surface area contributed by atoms with E-state index in [0.717, 1.165) is 0 Å². The third kappa shape index (κ3) is 4.61. The molecular weight excluding hydrogens is 319 g/mol. The first-order valence-electron chi connectivity index (χ1n) is 6.98. The molecule has 2 aromatic rings. The summed E-state index contributed by atoms with van der Waals surface area (Å²) in [6, 6.07) is 11.6. The highest BCUT2D eigenvalue weighted by Crippen LogP contribution is 2.11. The Labute approximate surface area is 134 Å². The average molecular weight is 336 g/mol. The van der Waals surface area contributed by atoms with E-state index < -0.39 is 10.0 Å². The Morgan fingerprint density at radius 3 is 2.43 bits per heavy atom. The van der Waals surface area contributed by atoms with E-state index in [-0.39, 0.29) is 23.2 Å². The largest absolute Gasteiger partial charge is 0.355 e. The highest BCUT2D eigenvalue weighted by atomic mass is 32.2. The Bertz CT molecular complexity index is 789. The van der Waals surface area contributed by atoms with Gasteiger partial charge in [0.1, 0.15) is 5.82 Å². The van der Waals surface area contributed by atoms with Crippen LogP contribution in [0.3, 0.4) is 0 Å². The summed E-state index contributed by atoms with van der Waals surface area (Å²) in [6.07, 6.45) is 0.382. The smallest absolute Gasteiger partial charge is 0.251 e. The molecule has 1 amide bonds. The van der Waals surface area contributed by atoms with Crippen LogP contribution in [0.2, 0.25) is 0 Å². The molecule has 2 N–H and O–H groups in total. The fourth-order valence-corrected chi connectivity index (χ4v) is 3.07. The maximum atomic E-state index is 13.1. The molecule has 2 rings (SSSR count). The van der Waals surface area contributed by atoms with E-state index in [1.54, 1.807) is 12.1 Å². The summed E-state index contributed by atoms with van der Waals surface area (Å²) in [7, 11) is -2.16. The lowest BCUT2D eigenvalue weighted by molar-refractivity contribution is 0.0963. The molecule has 23 heavy (non-hydrogen) atoms. The van der Waals surface area contributed by atoms with Crippen molar-refractivity contribution < 1.29 is 17.6 Å². The van der Waals surface area contributed by atoms with Crippen LogP contribution in [0.25, 0.3) is 0 Å². The molecule has 0 aliphatic heterocycles. The Kier molecular flexibility index (Phi) is 5.46. The van der Waals surface area contributed by atoms with Crippen molar-refractivity contribution in [1.82, 2.24) is 10.0 Å². The van der Waals surface area contributed by atoms with Gasteiger partial charge in [0.25, 0.3) is 5.91 Å². The molecule has 5 nitrogen and oxygen atoms in total. The van der Waals surface area contributed by atoms with Crippen molar-refractivity contribution in [1.29, 1.82) is 0 Å². The van der Waals surface area contributed by atoms with Crippen molar-refractivity contribution in [3.8, 4) is 0 Å². The van der Waals surface area contributed by atoms with Crippen LogP contribution in [-0.4, -0.2) is 27.9 Å². The predicted molar refractivity (Wildman–Crippen MR) is 85.1 cm³/mol. The quantitative estimate of drug-likeness (QED) is 0.843. The van der Waals surface area contributed by atoms with Gasteiger partial charge in [-0.05, 0) is 48.4 Å². The summed E-state index contributed by atoms with van der Waals surface area (Å²) in [5.41, 5.74) is 1.09. The first-order valence-corrected chi connectivity index (χ1v) is 8.47. The molecule has 0 atom stereocenters. The van der Waals surface area contributed by atoms with Crippen molar-refractivity contribution in [3.63, 3.8) is 0 Å². The number of nitrogens with one attached hydrogen (secondary N) is 2. The van der Waals surface area contributed by atoms with Crippen LogP contribution in [-0.2, 0) is 16.4 Å². The molecule has 122 valence electrons. The molecule has 0 fully saturated rings. The third-order valence-corrected chi connectivity index (χ3v) is 4.73. The van der Waals surface area contributed by atoms with Gasteiger partial charge >= 0.3 is 0 Å². The number of rotatable bonds is 6. The van der Waals surface area contributed by atoms with Crippen LogP contribution < -0.4 is 10.0 Å². The SMILES string of the molecule is CNC(=O)c1ccc(S(=O)(=O)NCCc2cccc(F)c2)cc1. The van der Waals surface area contributed by atoms with E-state index in [1.165, 1.54) is 43.4 Å². The van der Waals surface area contributed by atoms with E-state index in [1.807, 2.05) is 0 Å². The lowest BCUT2D eigenvalue weighted by atomic mass is 10.1. The second kappa shape index (κ2) is 7.34. The van der Waals surface area contributed by atoms with Crippen molar-refractivity contribution in [2.45, 2.75) is 11.3 Å². The number of halogens is 1. The van der Waals surface area contributed by atoms with Crippen LogP contribution in [0.15, 0.2) is 53.4 Å². The highest BCUT2D eigenvalue weighted by molar-refractivity contribution is 7.89. The standard InChI is InChI=1S/C16H17FN2O3S/c1-18-16(20)13-5-7-15(8-6-13)23(21,22)19-10-9-12-3-2-4-14(17)11-12/h2-8,11,19H,9-10H2,1H3,(H,18,20). The minimum absolute atomic E-state index is 0.0735. The van der Waals surface area contributed by atoms with Gasteiger partial charge in [-0.2, -0.15) is 0 Å². The Balaban J connectivity index is 2.00. The van der Waals surface area contributed by atoms with Crippen molar-refractivity contribution >= 4 is 15.9 Å². The van der Waals surface area contributed by atoms with Crippen LogP contribution in [0.5, 0.6) is 0 Å². The van der Waals surface area contributed by atoms with Crippen LogP contribution in [0.1, 0.15) is 15.9 Å². The molecule has 7 heteroatoms. The summed E-state index contributed by atoms with van der Waals surface area (Å²) < 4.78 is 39.8. The number of sulfonamides is 1. The zero-order valence-corrected chi connectivity index (χ0v) is 13.4. The zero-order chi connectivity index (χ0) is 16.9. The Hall–Kier alpha value is -2.25. The summed E-state index contributed by atoms with van der Waals surface area (Å²) in [4.78, 5) is 11.5. The summed E-state index contributed by atoms with van der Waals surface area (Å²) in [5, 5.41) is 2.46. The van der Waals surface area contributed by atoms with Crippen LogP contribution >= 0.6 is 0 Å². The molecule has 0 aliphatic rings. The molecular formula is C16H17FN2O3S. The Morgan fingerprint density at radius 2 is 1.83 bits per heavy atom. The van der Waals surface area contributed by atoms with E-state index >= 15 is 0 Å². The molecule has 0 bridgehead atoms. The molecule has 0 aromatic heterocycles. The van der Waals surface area contributed by atoms with Gasteiger partial charge in [0, 0.05) is 19.2 Å². The maximum absolute atomic E-state index is 13.1. The van der Waals surface area contributed by atoms with E-state index in [4.69, 9.17) is 0 Å². The normalized spacial score (nSPS) is 11.2. The molecule has 0 aliphatic carbocycles. The minimum Gasteiger partial charge on any atom is -0.355 e. The fourth-order valence-electron chi connectivity index (χ4n) is 2.04. The maximum Gasteiger partial charge on any atom is 0.251 e. The second-order valence-corrected chi connectivity index (χ2v) is 6.65. The number of benzene rings is 2. The monoisotopic (exact) mass is 336 g/mol.